The summed E-state index contributed by atoms with van der Waals surface area (Å²) in [6.45, 7) is 4.07. The number of aliphatic hydroxyl groups is 1. The molecular weight excluding hydrogens is 270 g/mol. The highest BCUT2D eigenvalue weighted by Crippen LogP contribution is 2.15. The first-order valence-corrected chi connectivity index (χ1v) is 6.87. The summed E-state index contributed by atoms with van der Waals surface area (Å²) >= 11 is 0. The van der Waals surface area contributed by atoms with Crippen LogP contribution < -0.4 is 5.32 Å². The standard InChI is InChI=1S/C14H19N5O2/c1-9(2)12(6-7-20)15-14(21)11-5-3-4-10(8-11)13-16-18-19-17-13/h3-5,8-9,12,20H,6-7H2,1-2H3,(H,15,21)(H,16,17,18,19). The fraction of sp³-hybridized carbons (Fsp3) is 0.429. The average Bonchev–Trinajstić information content (AvgIpc) is 3.01. The van der Waals surface area contributed by atoms with Gasteiger partial charge in [-0.25, -0.2) is 0 Å². The fourth-order valence-electron chi connectivity index (χ4n) is 2.05. The van der Waals surface area contributed by atoms with E-state index in [0.29, 0.717) is 17.8 Å². The Morgan fingerprint density at radius 1 is 1.43 bits per heavy atom. The largest absolute Gasteiger partial charge is 0.396 e. The molecule has 0 aliphatic rings. The van der Waals surface area contributed by atoms with Crippen molar-refractivity contribution in [3.05, 3.63) is 29.8 Å². The maximum atomic E-state index is 12.3. The van der Waals surface area contributed by atoms with Crippen molar-refractivity contribution in [2.24, 2.45) is 5.92 Å². The van der Waals surface area contributed by atoms with E-state index < -0.39 is 0 Å². The monoisotopic (exact) mass is 289 g/mol. The average molecular weight is 289 g/mol. The Kier molecular flexibility index (Phi) is 4.99. The number of nitrogens with zero attached hydrogens (tertiary/aromatic N) is 3. The molecule has 112 valence electrons. The number of hydrogen-bond donors (Lipinski definition) is 3. The van der Waals surface area contributed by atoms with Crippen LogP contribution in [-0.4, -0.2) is 44.3 Å². The molecular formula is C14H19N5O2. The first-order valence-electron chi connectivity index (χ1n) is 6.87. The number of benzene rings is 1. The van der Waals surface area contributed by atoms with Gasteiger partial charge < -0.3 is 10.4 Å². The van der Waals surface area contributed by atoms with Crippen LogP contribution in [0.4, 0.5) is 0 Å². The Morgan fingerprint density at radius 3 is 2.86 bits per heavy atom. The second-order valence-electron chi connectivity index (χ2n) is 5.15. The highest BCUT2D eigenvalue weighted by Gasteiger charge is 2.17. The smallest absolute Gasteiger partial charge is 0.251 e. The van der Waals surface area contributed by atoms with Crippen LogP contribution in [0, 0.1) is 5.92 Å². The zero-order valence-electron chi connectivity index (χ0n) is 12.1. The molecule has 0 bridgehead atoms. The van der Waals surface area contributed by atoms with E-state index in [1.807, 2.05) is 19.9 Å². The van der Waals surface area contributed by atoms with Gasteiger partial charge in [0.1, 0.15) is 0 Å². The molecule has 0 aliphatic carbocycles. The second-order valence-corrected chi connectivity index (χ2v) is 5.15. The minimum Gasteiger partial charge on any atom is -0.396 e. The van der Waals surface area contributed by atoms with Crippen molar-refractivity contribution in [2.45, 2.75) is 26.3 Å². The van der Waals surface area contributed by atoms with Crippen molar-refractivity contribution in [2.75, 3.05) is 6.61 Å². The van der Waals surface area contributed by atoms with E-state index in [4.69, 9.17) is 5.11 Å². The predicted molar refractivity (Wildman–Crippen MR) is 77.4 cm³/mol. The van der Waals surface area contributed by atoms with E-state index in [-0.39, 0.29) is 24.5 Å². The van der Waals surface area contributed by atoms with Gasteiger partial charge in [0.15, 0.2) is 0 Å². The maximum absolute atomic E-state index is 12.3. The highest BCUT2D eigenvalue weighted by molar-refractivity contribution is 5.95. The summed E-state index contributed by atoms with van der Waals surface area (Å²) in [5.74, 6) is 0.523. The number of aliphatic hydroxyl groups excluding tert-OH is 1. The van der Waals surface area contributed by atoms with Crippen LogP contribution in [0.1, 0.15) is 30.6 Å². The minimum absolute atomic E-state index is 0.0476. The second kappa shape index (κ2) is 6.94. The molecule has 7 heteroatoms. The van der Waals surface area contributed by atoms with Gasteiger partial charge in [0.2, 0.25) is 5.82 Å². The molecule has 0 radical (unpaired) electrons. The summed E-state index contributed by atoms with van der Waals surface area (Å²) < 4.78 is 0. The Labute approximate surface area is 122 Å². The molecule has 0 aliphatic heterocycles. The predicted octanol–water partition coefficient (Wildman–Crippen LogP) is 1.00. The normalized spacial score (nSPS) is 12.4. The molecule has 21 heavy (non-hydrogen) atoms. The van der Waals surface area contributed by atoms with Crippen LogP contribution in [0.3, 0.4) is 0 Å². The Balaban J connectivity index is 2.14. The third-order valence-corrected chi connectivity index (χ3v) is 3.29. The summed E-state index contributed by atoms with van der Waals surface area (Å²) in [6, 6.07) is 6.98. The SMILES string of the molecule is CC(C)C(CCO)NC(=O)c1cccc(-c2nn[nH]n2)c1. The van der Waals surface area contributed by atoms with E-state index in [1.54, 1.807) is 18.2 Å². The molecule has 1 unspecified atom stereocenters. The number of amides is 1. The van der Waals surface area contributed by atoms with E-state index in [9.17, 15) is 4.79 Å². The molecule has 0 saturated heterocycles. The lowest BCUT2D eigenvalue weighted by atomic mass is 10.0. The van der Waals surface area contributed by atoms with Crippen LogP contribution in [-0.2, 0) is 0 Å². The van der Waals surface area contributed by atoms with E-state index in [0.717, 1.165) is 5.56 Å². The topological polar surface area (TPSA) is 104 Å². The Hall–Kier alpha value is -2.28. The first kappa shape index (κ1) is 15.1. The third kappa shape index (κ3) is 3.85. The quantitative estimate of drug-likeness (QED) is 0.736. The van der Waals surface area contributed by atoms with Crippen molar-refractivity contribution < 1.29 is 9.90 Å². The fourth-order valence-corrected chi connectivity index (χ4v) is 2.05. The van der Waals surface area contributed by atoms with Crippen LogP contribution in [0.15, 0.2) is 24.3 Å². The zero-order valence-corrected chi connectivity index (χ0v) is 12.1. The molecule has 2 rings (SSSR count). The molecule has 0 spiro atoms. The number of hydrogen-bond acceptors (Lipinski definition) is 5. The Morgan fingerprint density at radius 2 is 2.24 bits per heavy atom. The van der Waals surface area contributed by atoms with Crippen molar-refractivity contribution in [3.8, 4) is 11.4 Å². The van der Waals surface area contributed by atoms with Gasteiger partial charge in [-0.3, -0.25) is 4.79 Å². The van der Waals surface area contributed by atoms with E-state index in [1.165, 1.54) is 0 Å². The molecule has 0 saturated carbocycles. The van der Waals surface area contributed by atoms with Gasteiger partial charge in [-0.1, -0.05) is 26.0 Å². The van der Waals surface area contributed by atoms with Crippen LogP contribution in [0.2, 0.25) is 0 Å². The third-order valence-electron chi connectivity index (χ3n) is 3.29. The lowest BCUT2D eigenvalue weighted by Gasteiger charge is -2.21. The molecule has 1 aromatic heterocycles. The van der Waals surface area contributed by atoms with Gasteiger partial charge in [0, 0.05) is 23.8 Å². The number of tetrazole rings is 1. The number of rotatable bonds is 6. The zero-order chi connectivity index (χ0) is 15.2. The van der Waals surface area contributed by atoms with Gasteiger partial charge in [-0.05, 0) is 29.7 Å². The summed E-state index contributed by atoms with van der Waals surface area (Å²) in [6.07, 6.45) is 0.536. The summed E-state index contributed by atoms with van der Waals surface area (Å²) in [5, 5.41) is 25.7. The number of aromatic nitrogens is 4. The summed E-state index contributed by atoms with van der Waals surface area (Å²) in [7, 11) is 0. The molecule has 7 nitrogen and oxygen atoms in total. The number of nitrogens with one attached hydrogen (secondary N) is 2. The first-order chi connectivity index (χ1) is 10.1. The van der Waals surface area contributed by atoms with E-state index >= 15 is 0 Å². The lowest BCUT2D eigenvalue weighted by Crippen LogP contribution is -2.39. The van der Waals surface area contributed by atoms with Gasteiger partial charge in [-0.15, -0.1) is 10.2 Å². The molecule has 1 amide bonds. The van der Waals surface area contributed by atoms with Crippen LogP contribution in [0.25, 0.3) is 11.4 Å². The number of carbonyl (C=O) groups excluding carboxylic acids is 1. The van der Waals surface area contributed by atoms with Gasteiger partial charge in [0.25, 0.3) is 5.91 Å². The summed E-state index contributed by atoms with van der Waals surface area (Å²) in [5.41, 5.74) is 1.25. The molecule has 1 heterocycles. The number of aromatic amines is 1. The number of carbonyl (C=O) groups is 1. The van der Waals surface area contributed by atoms with Crippen LogP contribution in [0.5, 0.6) is 0 Å². The highest BCUT2D eigenvalue weighted by atomic mass is 16.3. The Bertz CT molecular complexity index is 583. The molecule has 1 aromatic carbocycles. The maximum Gasteiger partial charge on any atom is 0.251 e. The van der Waals surface area contributed by atoms with Crippen molar-refractivity contribution >= 4 is 5.91 Å². The van der Waals surface area contributed by atoms with Crippen molar-refractivity contribution in [1.82, 2.24) is 25.9 Å². The molecule has 3 N–H and O–H groups in total. The lowest BCUT2D eigenvalue weighted by molar-refractivity contribution is 0.0916. The minimum atomic E-state index is -0.174. The van der Waals surface area contributed by atoms with Gasteiger partial charge in [-0.2, -0.15) is 5.21 Å². The van der Waals surface area contributed by atoms with Gasteiger partial charge in [0.05, 0.1) is 0 Å². The van der Waals surface area contributed by atoms with E-state index in [2.05, 4.69) is 25.9 Å². The van der Waals surface area contributed by atoms with Crippen molar-refractivity contribution in [1.29, 1.82) is 0 Å². The molecule has 0 fully saturated rings. The van der Waals surface area contributed by atoms with Crippen LogP contribution >= 0.6 is 0 Å². The molecule has 2 aromatic rings. The number of H-pyrrole nitrogens is 1. The van der Waals surface area contributed by atoms with Gasteiger partial charge >= 0.3 is 0 Å². The van der Waals surface area contributed by atoms with Crippen molar-refractivity contribution in [3.63, 3.8) is 0 Å². The summed E-state index contributed by atoms with van der Waals surface area (Å²) in [4.78, 5) is 12.3. The molecule has 1 atom stereocenters.